The van der Waals surface area contributed by atoms with Crippen LogP contribution in [-0.2, 0) is 6.54 Å². The first-order valence-corrected chi connectivity index (χ1v) is 5.96. The second-order valence-electron chi connectivity index (χ2n) is 3.53. The van der Waals surface area contributed by atoms with Crippen LogP contribution < -0.4 is 5.32 Å². The molecule has 0 unspecified atom stereocenters. The Labute approximate surface area is 103 Å². The Morgan fingerprint density at radius 1 is 1.41 bits per heavy atom. The molecule has 2 aromatic rings. The summed E-state index contributed by atoms with van der Waals surface area (Å²) in [5, 5.41) is 23.1. The number of hydrogen-bond donors (Lipinski definition) is 1. The van der Waals surface area contributed by atoms with Gasteiger partial charge in [0, 0.05) is 11.6 Å². The Hall–Kier alpha value is -2.00. The maximum absolute atomic E-state index is 9.11. The molecule has 0 bridgehead atoms. The highest BCUT2D eigenvalue weighted by atomic mass is 32.1. The van der Waals surface area contributed by atoms with Crippen molar-refractivity contribution in [2.75, 3.05) is 5.32 Å². The Morgan fingerprint density at radius 3 is 2.88 bits per heavy atom. The highest BCUT2D eigenvalue weighted by Crippen LogP contribution is 2.18. The van der Waals surface area contributed by atoms with Crippen molar-refractivity contribution >= 4 is 17.2 Å². The van der Waals surface area contributed by atoms with Gasteiger partial charge >= 0.3 is 0 Å². The summed E-state index contributed by atoms with van der Waals surface area (Å²) < 4.78 is 0. The van der Waals surface area contributed by atoms with Crippen LogP contribution in [0.2, 0.25) is 0 Å². The molecule has 86 valence electrons. The second-order valence-corrected chi connectivity index (χ2v) is 4.50. The first kappa shape index (κ1) is 11.5. The van der Waals surface area contributed by atoms with Crippen LogP contribution in [0, 0.1) is 25.2 Å². The monoisotopic (exact) mass is 245 g/mol. The van der Waals surface area contributed by atoms with Gasteiger partial charge in [0.25, 0.3) is 0 Å². The largest absolute Gasteiger partial charge is 0.361 e. The van der Waals surface area contributed by atoms with Crippen molar-refractivity contribution in [1.29, 1.82) is 5.26 Å². The van der Waals surface area contributed by atoms with E-state index in [0.29, 0.717) is 17.9 Å². The third-order valence-electron chi connectivity index (χ3n) is 2.46. The van der Waals surface area contributed by atoms with E-state index in [2.05, 4.69) is 26.6 Å². The lowest BCUT2D eigenvalue weighted by Crippen LogP contribution is -2.07. The van der Waals surface area contributed by atoms with Gasteiger partial charge in [0.05, 0.1) is 12.2 Å². The number of nitriles is 1. The fourth-order valence-electron chi connectivity index (χ4n) is 1.37. The van der Waals surface area contributed by atoms with E-state index in [0.717, 1.165) is 16.3 Å². The van der Waals surface area contributed by atoms with Gasteiger partial charge in [-0.25, -0.2) is 4.98 Å². The second kappa shape index (κ2) is 4.89. The van der Waals surface area contributed by atoms with Gasteiger partial charge in [-0.2, -0.15) is 10.4 Å². The van der Waals surface area contributed by atoms with E-state index >= 15 is 0 Å². The minimum Gasteiger partial charge on any atom is -0.361 e. The minimum atomic E-state index is 0.519. The summed E-state index contributed by atoms with van der Waals surface area (Å²) >= 11 is 1.56. The van der Waals surface area contributed by atoms with Crippen molar-refractivity contribution in [2.24, 2.45) is 0 Å². The quantitative estimate of drug-likeness (QED) is 0.895. The van der Waals surface area contributed by atoms with E-state index in [9.17, 15) is 0 Å². The molecular formula is C11H11N5S. The van der Waals surface area contributed by atoms with Crippen molar-refractivity contribution in [3.8, 4) is 6.07 Å². The van der Waals surface area contributed by atoms with Crippen LogP contribution in [0.5, 0.6) is 0 Å². The molecule has 0 aliphatic carbocycles. The fourth-order valence-corrected chi connectivity index (χ4v) is 1.92. The number of nitrogens with one attached hydrogen (secondary N) is 1. The summed E-state index contributed by atoms with van der Waals surface area (Å²) in [4.78, 5) is 4.15. The number of rotatable bonds is 3. The molecule has 2 aromatic heterocycles. The lowest BCUT2D eigenvalue weighted by Gasteiger charge is -2.07. The van der Waals surface area contributed by atoms with E-state index in [1.54, 1.807) is 17.5 Å². The predicted octanol–water partition coefficient (Wildman–Crippen LogP) is 2.03. The molecule has 0 aliphatic heterocycles. The van der Waals surface area contributed by atoms with E-state index in [-0.39, 0.29) is 0 Å². The maximum Gasteiger partial charge on any atom is 0.167 e. The van der Waals surface area contributed by atoms with Gasteiger partial charge in [-0.05, 0) is 19.4 Å². The average Bonchev–Trinajstić information content (AvgIpc) is 2.83. The summed E-state index contributed by atoms with van der Waals surface area (Å²) in [6, 6.07) is 2.15. The standard InChI is InChI=1S/C11H11N5S/c1-7-8(2)15-16-11(9(7)5-12)14-6-10-13-3-4-17-10/h3-4H,6H2,1-2H3,(H,14,16). The molecule has 0 radical (unpaired) electrons. The Bertz CT molecular complexity index is 556. The predicted molar refractivity (Wildman–Crippen MR) is 65.7 cm³/mol. The molecule has 2 heterocycles. The van der Waals surface area contributed by atoms with Gasteiger partial charge in [-0.15, -0.1) is 16.4 Å². The van der Waals surface area contributed by atoms with Crippen molar-refractivity contribution in [2.45, 2.75) is 20.4 Å². The van der Waals surface area contributed by atoms with E-state index in [4.69, 9.17) is 5.26 Å². The lowest BCUT2D eigenvalue weighted by atomic mass is 10.1. The van der Waals surface area contributed by atoms with Gasteiger partial charge in [0.1, 0.15) is 16.6 Å². The van der Waals surface area contributed by atoms with E-state index < -0.39 is 0 Å². The van der Waals surface area contributed by atoms with Gasteiger partial charge in [-0.3, -0.25) is 0 Å². The molecule has 17 heavy (non-hydrogen) atoms. The van der Waals surface area contributed by atoms with Crippen LogP contribution in [0.15, 0.2) is 11.6 Å². The number of anilines is 1. The highest BCUT2D eigenvalue weighted by molar-refractivity contribution is 7.09. The number of hydrogen-bond acceptors (Lipinski definition) is 6. The van der Waals surface area contributed by atoms with E-state index in [1.807, 2.05) is 19.2 Å². The smallest absolute Gasteiger partial charge is 0.167 e. The summed E-state index contributed by atoms with van der Waals surface area (Å²) in [5.41, 5.74) is 2.19. The molecule has 5 nitrogen and oxygen atoms in total. The molecule has 0 amide bonds. The third kappa shape index (κ3) is 2.40. The number of thiazole rings is 1. The summed E-state index contributed by atoms with van der Waals surface area (Å²) in [6.45, 7) is 4.27. The molecule has 0 saturated carbocycles. The normalized spacial score (nSPS) is 9.94. The summed E-state index contributed by atoms with van der Waals surface area (Å²) in [7, 11) is 0. The molecule has 0 aliphatic rings. The first-order valence-electron chi connectivity index (χ1n) is 5.08. The minimum absolute atomic E-state index is 0.519. The van der Waals surface area contributed by atoms with Gasteiger partial charge in [-0.1, -0.05) is 0 Å². The molecule has 0 atom stereocenters. The summed E-state index contributed by atoms with van der Waals surface area (Å²) in [5.74, 6) is 0.519. The van der Waals surface area contributed by atoms with Crippen molar-refractivity contribution in [1.82, 2.24) is 15.2 Å². The first-order chi connectivity index (χ1) is 8.22. The molecule has 0 aromatic carbocycles. The SMILES string of the molecule is Cc1nnc(NCc2nccs2)c(C#N)c1C. The zero-order chi connectivity index (χ0) is 12.3. The average molecular weight is 245 g/mol. The van der Waals surface area contributed by atoms with Crippen molar-refractivity contribution in [3.63, 3.8) is 0 Å². The Balaban J connectivity index is 2.22. The molecule has 0 fully saturated rings. The lowest BCUT2D eigenvalue weighted by molar-refractivity contribution is 0.938. The molecule has 0 spiro atoms. The Kier molecular flexibility index (Phi) is 3.30. The topological polar surface area (TPSA) is 74.5 Å². The van der Waals surface area contributed by atoms with E-state index in [1.165, 1.54) is 0 Å². The van der Waals surface area contributed by atoms with Crippen molar-refractivity contribution in [3.05, 3.63) is 33.4 Å². The molecular weight excluding hydrogens is 234 g/mol. The number of nitrogens with zero attached hydrogens (tertiary/aromatic N) is 4. The number of aromatic nitrogens is 3. The highest BCUT2D eigenvalue weighted by Gasteiger charge is 2.10. The van der Waals surface area contributed by atoms with Crippen LogP contribution in [0.4, 0.5) is 5.82 Å². The molecule has 0 saturated heterocycles. The van der Waals surface area contributed by atoms with Crippen molar-refractivity contribution < 1.29 is 0 Å². The molecule has 1 N–H and O–H groups in total. The van der Waals surface area contributed by atoms with Gasteiger partial charge in [0.2, 0.25) is 0 Å². The zero-order valence-corrected chi connectivity index (χ0v) is 10.4. The van der Waals surface area contributed by atoms with Crippen LogP contribution in [0.3, 0.4) is 0 Å². The fraction of sp³-hybridized carbons (Fsp3) is 0.273. The van der Waals surface area contributed by atoms with Crippen LogP contribution in [-0.4, -0.2) is 15.2 Å². The molecule has 6 heteroatoms. The van der Waals surface area contributed by atoms with Crippen LogP contribution in [0.1, 0.15) is 21.8 Å². The van der Waals surface area contributed by atoms with Gasteiger partial charge < -0.3 is 5.32 Å². The Morgan fingerprint density at radius 2 is 2.24 bits per heavy atom. The van der Waals surface area contributed by atoms with Gasteiger partial charge in [0.15, 0.2) is 5.82 Å². The molecule has 2 rings (SSSR count). The maximum atomic E-state index is 9.11. The van der Waals surface area contributed by atoms with Crippen LogP contribution in [0.25, 0.3) is 0 Å². The summed E-state index contributed by atoms with van der Waals surface area (Å²) in [6.07, 6.45) is 1.75. The number of aryl methyl sites for hydroxylation is 1. The third-order valence-corrected chi connectivity index (χ3v) is 3.24. The van der Waals surface area contributed by atoms with Crippen LogP contribution >= 0.6 is 11.3 Å². The zero-order valence-electron chi connectivity index (χ0n) is 9.56.